The SMILES string of the molecule is Fc1ccc(-c2cn(CCN3CC(F)C3)cn2)cc1. The molecule has 19 heavy (non-hydrogen) atoms. The van der Waals surface area contributed by atoms with E-state index in [1.165, 1.54) is 12.1 Å². The van der Waals surface area contributed by atoms with Gasteiger partial charge in [-0.05, 0) is 24.3 Å². The number of hydrogen-bond acceptors (Lipinski definition) is 2. The van der Waals surface area contributed by atoms with Crippen molar-refractivity contribution >= 4 is 0 Å². The van der Waals surface area contributed by atoms with Crippen LogP contribution in [0.1, 0.15) is 0 Å². The molecule has 1 aliphatic heterocycles. The number of imidazole rings is 1. The molecule has 0 saturated carbocycles. The highest BCUT2D eigenvalue weighted by molar-refractivity contribution is 5.57. The molecule has 0 aliphatic carbocycles. The van der Waals surface area contributed by atoms with Crippen LogP contribution < -0.4 is 0 Å². The number of hydrogen-bond donors (Lipinski definition) is 0. The fourth-order valence-corrected chi connectivity index (χ4v) is 2.20. The summed E-state index contributed by atoms with van der Waals surface area (Å²) in [6, 6.07) is 6.28. The monoisotopic (exact) mass is 263 g/mol. The first-order chi connectivity index (χ1) is 9.20. The first-order valence-corrected chi connectivity index (χ1v) is 6.35. The van der Waals surface area contributed by atoms with E-state index in [2.05, 4.69) is 9.88 Å². The molecule has 2 heterocycles. The number of rotatable bonds is 4. The summed E-state index contributed by atoms with van der Waals surface area (Å²) in [6.45, 7) is 2.71. The molecule has 2 aromatic rings. The lowest BCUT2D eigenvalue weighted by molar-refractivity contribution is 0.0628. The third-order valence-electron chi connectivity index (χ3n) is 3.36. The average Bonchev–Trinajstić information content (AvgIpc) is 2.83. The van der Waals surface area contributed by atoms with E-state index in [1.54, 1.807) is 18.5 Å². The molecular formula is C14H15F2N3. The van der Waals surface area contributed by atoms with Gasteiger partial charge >= 0.3 is 0 Å². The summed E-state index contributed by atoms with van der Waals surface area (Å²) in [4.78, 5) is 6.37. The fraction of sp³-hybridized carbons (Fsp3) is 0.357. The molecule has 1 aromatic heterocycles. The first kappa shape index (κ1) is 12.3. The third-order valence-corrected chi connectivity index (χ3v) is 3.36. The van der Waals surface area contributed by atoms with Gasteiger partial charge in [-0.25, -0.2) is 13.8 Å². The van der Waals surface area contributed by atoms with Gasteiger partial charge in [0.1, 0.15) is 12.0 Å². The van der Waals surface area contributed by atoms with E-state index < -0.39 is 6.17 Å². The van der Waals surface area contributed by atoms with Gasteiger partial charge in [0.05, 0.1) is 12.0 Å². The minimum absolute atomic E-state index is 0.248. The van der Waals surface area contributed by atoms with Crippen LogP contribution in [-0.4, -0.2) is 40.3 Å². The highest BCUT2D eigenvalue weighted by atomic mass is 19.1. The molecule has 100 valence electrons. The molecule has 1 fully saturated rings. The van der Waals surface area contributed by atoms with Crippen LogP contribution in [0.5, 0.6) is 0 Å². The zero-order valence-electron chi connectivity index (χ0n) is 10.5. The van der Waals surface area contributed by atoms with Crippen LogP contribution >= 0.6 is 0 Å². The van der Waals surface area contributed by atoms with Crippen molar-refractivity contribution in [3.8, 4) is 11.3 Å². The number of halogens is 2. The van der Waals surface area contributed by atoms with Gasteiger partial charge in [-0.15, -0.1) is 0 Å². The summed E-state index contributed by atoms with van der Waals surface area (Å²) in [5.74, 6) is -0.248. The average molecular weight is 263 g/mol. The second kappa shape index (κ2) is 5.09. The molecule has 5 heteroatoms. The largest absolute Gasteiger partial charge is 0.336 e. The van der Waals surface area contributed by atoms with Crippen molar-refractivity contribution in [2.24, 2.45) is 0 Å². The topological polar surface area (TPSA) is 21.1 Å². The first-order valence-electron chi connectivity index (χ1n) is 6.35. The molecule has 0 amide bonds. The minimum Gasteiger partial charge on any atom is -0.336 e. The van der Waals surface area contributed by atoms with Crippen molar-refractivity contribution in [3.63, 3.8) is 0 Å². The molecule has 0 spiro atoms. The van der Waals surface area contributed by atoms with Crippen molar-refractivity contribution in [2.75, 3.05) is 19.6 Å². The Labute approximate surface area is 110 Å². The Morgan fingerprint density at radius 2 is 1.89 bits per heavy atom. The van der Waals surface area contributed by atoms with Crippen LogP contribution in [0, 0.1) is 5.82 Å². The molecule has 0 N–H and O–H groups in total. The summed E-state index contributed by atoms with van der Waals surface area (Å²) >= 11 is 0. The van der Waals surface area contributed by atoms with Crippen LogP contribution in [0.15, 0.2) is 36.8 Å². The van der Waals surface area contributed by atoms with Gasteiger partial charge in [-0.1, -0.05) is 0 Å². The second-order valence-electron chi connectivity index (χ2n) is 4.86. The number of likely N-dealkylation sites (tertiary alicyclic amines) is 1. The van der Waals surface area contributed by atoms with Gasteiger partial charge in [-0.3, -0.25) is 4.90 Å². The predicted molar refractivity (Wildman–Crippen MR) is 69.0 cm³/mol. The Bertz CT molecular complexity index is 544. The lowest BCUT2D eigenvalue weighted by atomic mass is 10.2. The molecule has 0 unspecified atom stereocenters. The third kappa shape index (κ3) is 2.81. The van der Waals surface area contributed by atoms with Gasteiger partial charge in [0, 0.05) is 37.9 Å². The zero-order chi connectivity index (χ0) is 13.2. The van der Waals surface area contributed by atoms with Gasteiger partial charge < -0.3 is 4.57 Å². The van der Waals surface area contributed by atoms with E-state index in [0.717, 1.165) is 24.3 Å². The summed E-state index contributed by atoms with van der Waals surface area (Å²) in [5, 5.41) is 0. The second-order valence-corrected chi connectivity index (χ2v) is 4.86. The summed E-state index contributed by atoms with van der Waals surface area (Å²) < 4.78 is 27.5. The molecular weight excluding hydrogens is 248 g/mol. The van der Waals surface area contributed by atoms with Gasteiger partial charge in [0.25, 0.3) is 0 Å². The lowest BCUT2D eigenvalue weighted by Crippen LogP contribution is -2.49. The van der Waals surface area contributed by atoms with Crippen molar-refractivity contribution in [2.45, 2.75) is 12.7 Å². The Kier molecular flexibility index (Phi) is 3.29. The summed E-state index contributed by atoms with van der Waals surface area (Å²) in [7, 11) is 0. The van der Waals surface area contributed by atoms with Crippen molar-refractivity contribution < 1.29 is 8.78 Å². The molecule has 0 atom stereocenters. The molecule has 3 rings (SSSR count). The summed E-state index contributed by atoms with van der Waals surface area (Å²) in [6.07, 6.45) is 3.03. The van der Waals surface area contributed by atoms with E-state index >= 15 is 0 Å². The standard InChI is InChI=1S/C14H15F2N3/c15-12-3-1-11(2-4-12)14-9-19(10-17-14)6-5-18-7-13(16)8-18/h1-4,9-10,13H,5-8H2. The predicted octanol–water partition coefficient (Wildman–Crippen LogP) is 2.34. The number of nitrogens with zero attached hydrogens (tertiary/aromatic N) is 3. The highest BCUT2D eigenvalue weighted by Gasteiger charge is 2.25. The Morgan fingerprint density at radius 1 is 1.16 bits per heavy atom. The van der Waals surface area contributed by atoms with Crippen LogP contribution in [0.2, 0.25) is 0 Å². The maximum Gasteiger partial charge on any atom is 0.125 e. The Hall–Kier alpha value is -1.75. The van der Waals surface area contributed by atoms with Crippen molar-refractivity contribution in [1.29, 1.82) is 0 Å². The van der Waals surface area contributed by atoms with E-state index in [9.17, 15) is 8.78 Å². The maximum atomic E-state index is 12.8. The van der Waals surface area contributed by atoms with Gasteiger partial charge in [0.15, 0.2) is 0 Å². The van der Waals surface area contributed by atoms with E-state index in [1.807, 2.05) is 10.8 Å². The molecule has 0 radical (unpaired) electrons. The summed E-state index contributed by atoms with van der Waals surface area (Å²) in [5.41, 5.74) is 1.72. The van der Waals surface area contributed by atoms with Gasteiger partial charge in [-0.2, -0.15) is 0 Å². The van der Waals surface area contributed by atoms with Crippen molar-refractivity contribution in [1.82, 2.24) is 14.5 Å². The number of alkyl halides is 1. The molecule has 1 saturated heterocycles. The molecule has 3 nitrogen and oxygen atoms in total. The molecule has 1 aromatic carbocycles. The molecule has 0 bridgehead atoms. The fourth-order valence-electron chi connectivity index (χ4n) is 2.20. The quantitative estimate of drug-likeness (QED) is 0.844. The zero-order valence-corrected chi connectivity index (χ0v) is 10.5. The van der Waals surface area contributed by atoms with Gasteiger partial charge in [0.2, 0.25) is 0 Å². The normalized spacial score (nSPS) is 16.5. The minimum atomic E-state index is -0.655. The van der Waals surface area contributed by atoms with E-state index in [-0.39, 0.29) is 5.82 Å². The van der Waals surface area contributed by atoms with Crippen LogP contribution in [0.3, 0.4) is 0 Å². The van der Waals surface area contributed by atoms with E-state index in [4.69, 9.17) is 0 Å². The Balaban J connectivity index is 1.61. The van der Waals surface area contributed by atoms with Crippen LogP contribution in [0.25, 0.3) is 11.3 Å². The number of benzene rings is 1. The molecule has 1 aliphatic rings. The van der Waals surface area contributed by atoms with Crippen LogP contribution in [0.4, 0.5) is 8.78 Å². The van der Waals surface area contributed by atoms with E-state index in [0.29, 0.717) is 13.1 Å². The smallest absolute Gasteiger partial charge is 0.125 e. The highest BCUT2D eigenvalue weighted by Crippen LogP contribution is 2.17. The maximum absolute atomic E-state index is 12.8. The number of aromatic nitrogens is 2. The lowest BCUT2D eigenvalue weighted by Gasteiger charge is -2.34. The van der Waals surface area contributed by atoms with Crippen LogP contribution in [-0.2, 0) is 6.54 Å². The Morgan fingerprint density at radius 3 is 2.58 bits per heavy atom. The van der Waals surface area contributed by atoms with Crippen molar-refractivity contribution in [3.05, 3.63) is 42.6 Å².